The molecule has 2 bridgehead atoms. The van der Waals surface area contributed by atoms with Crippen molar-refractivity contribution in [3.8, 4) is 0 Å². The zero-order chi connectivity index (χ0) is 36.9. The average Bonchev–Trinajstić information content (AvgIpc) is 3.47. The smallest absolute Gasteiger partial charge is 0.366 e. The summed E-state index contributed by atoms with van der Waals surface area (Å²) in [6.07, 6.45) is -3.33. The number of fused-ring (bicyclic) bond motifs is 7. The summed E-state index contributed by atoms with van der Waals surface area (Å²) in [5, 5.41) is 47.8. The zero-order valence-corrected chi connectivity index (χ0v) is 29.2. The molecule has 1 unspecified atom stereocenters. The van der Waals surface area contributed by atoms with Gasteiger partial charge in [-0.3, -0.25) is 9.59 Å². The van der Waals surface area contributed by atoms with Crippen molar-refractivity contribution in [3.05, 3.63) is 24.0 Å². The lowest BCUT2D eigenvalue weighted by atomic mass is 9.37. The van der Waals surface area contributed by atoms with Gasteiger partial charge in [-0.2, -0.15) is 0 Å². The van der Waals surface area contributed by atoms with Gasteiger partial charge in [-0.25, -0.2) is 9.59 Å². The summed E-state index contributed by atoms with van der Waals surface area (Å²) in [5.74, 6) is -9.86. The molecule has 5 aliphatic heterocycles. The van der Waals surface area contributed by atoms with E-state index >= 15 is 0 Å². The second kappa shape index (κ2) is 10.6. The maximum atomic E-state index is 14.1. The quantitative estimate of drug-likeness (QED) is 0.109. The van der Waals surface area contributed by atoms with E-state index in [4.69, 9.17) is 37.9 Å². The Kier molecular flexibility index (Phi) is 7.29. The van der Waals surface area contributed by atoms with Gasteiger partial charge in [0.1, 0.15) is 30.0 Å². The number of ether oxygens (including phenoxy) is 8. The van der Waals surface area contributed by atoms with E-state index in [1.54, 1.807) is 20.8 Å². The molecular weight excluding hydrogens is 676 g/mol. The van der Waals surface area contributed by atoms with E-state index in [9.17, 15) is 39.6 Å². The van der Waals surface area contributed by atoms with Crippen molar-refractivity contribution in [1.29, 1.82) is 0 Å². The molecule has 0 aromatic carbocycles. The predicted molar refractivity (Wildman–Crippen MR) is 164 cm³/mol. The van der Waals surface area contributed by atoms with Crippen molar-refractivity contribution in [1.82, 2.24) is 0 Å². The number of aliphatic hydroxyl groups excluding tert-OH is 2. The van der Waals surface area contributed by atoms with Crippen molar-refractivity contribution in [2.45, 2.75) is 107 Å². The molecule has 8 rings (SSSR count). The SMILES string of the molecule is CC=C(C)C(=O)O[C@H]1C[C@@H](OC(C)=O)[C@@]2(C(=O)CO)CO[C@H]3[C@@H](O)[C@@](C)([C@]45O[C@@]4(C)[C@H]4C[C@@H]5O[C@@H]5OC=C[C@@]54O)C4[C@]1(CO[C@]4(O)C(=O)OC)[C@@H]32. The lowest BCUT2D eigenvalue weighted by Gasteiger charge is -2.66. The number of carbonyl (C=O) groups excluding carboxylic acids is 4. The first-order chi connectivity index (χ1) is 23.9. The molecule has 0 radical (unpaired) electrons. The molecule has 4 saturated heterocycles. The predicted octanol–water partition coefficient (Wildman–Crippen LogP) is -0.815. The Hall–Kier alpha value is -2.96. The molecule has 16 nitrogen and oxygen atoms in total. The number of rotatable bonds is 7. The van der Waals surface area contributed by atoms with Crippen molar-refractivity contribution in [3.63, 3.8) is 0 Å². The summed E-state index contributed by atoms with van der Waals surface area (Å²) in [7, 11) is 1.05. The molecule has 7 fully saturated rings. The lowest BCUT2D eigenvalue weighted by Crippen LogP contribution is -2.79. The Bertz CT molecular complexity index is 1660. The number of aliphatic hydroxyl groups is 4. The van der Waals surface area contributed by atoms with Gasteiger partial charge in [-0.05, 0) is 33.3 Å². The van der Waals surface area contributed by atoms with Crippen molar-refractivity contribution in [2.75, 3.05) is 26.9 Å². The van der Waals surface area contributed by atoms with Crippen LogP contribution in [0.15, 0.2) is 24.0 Å². The van der Waals surface area contributed by atoms with Crippen LogP contribution in [0.2, 0.25) is 0 Å². The number of Topliss-reactive ketones (excluding diaryl/α,β-unsaturated/α-hetero) is 1. The number of ketones is 1. The second-order valence-corrected chi connectivity index (χ2v) is 15.8. The first-order valence-electron chi connectivity index (χ1n) is 17.3. The summed E-state index contributed by atoms with van der Waals surface area (Å²) >= 11 is 0. The summed E-state index contributed by atoms with van der Waals surface area (Å²) in [6.45, 7) is 5.74. The Morgan fingerprint density at radius 1 is 1.04 bits per heavy atom. The van der Waals surface area contributed by atoms with Crippen molar-refractivity contribution in [2.24, 2.45) is 34.0 Å². The fraction of sp³-hybridized carbons (Fsp3) is 0.771. The monoisotopic (exact) mass is 720 g/mol. The molecule has 3 aliphatic carbocycles. The number of methoxy groups -OCH3 is 1. The van der Waals surface area contributed by atoms with Crippen molar-refractivity contribution < 1.29 is 77.5 Å². The molecule has 0 aromatic rings. The van der Waals surface area contributed by atoms with Crippen LogP contribution >= 0.6 is 0 Å². The van der Waals surface area contributed by atoms with Gasteiger partial charge in [-0.15, -0.1) is 0 Å². The number of hydrogen-bond acceptors (Lipinski definition) is 16. The minimum absolute atomic E-state index is 0.220. The van der Waals surface area contributed by atoms with E-state index in [0.29, 0.717) is 0 Å². The van der Waals surface area contributed by atoms with Gasteiger partial charge in [0, 0.05) is 47.5 Å². The molecule has 280 valence electrons. The van der Waals surface area contributed by atoms with Crippen LogP contribution in [0, 0.1) is 34.0 Å². The van der Waals surface area contributed by atoms with E-state index in [2.05, 4.69) is 0 Å². The van der Waals surface area contributed by atoms with Gasteiger partial charge in [0.25, 0.3) is 5.79 Å². The average molecular weight is 721 g/mol. The van der Waals surface area contributed by atoms with Gasteiger partial charge < -0.3 is 58.3 Å². The standard InChI is InChI=1S/C35H44O16/c1-7-15(2)25(40)49-20-11-19(48-16(3)37)31(18(38)12-36)13-46-22-23(31)32(20)14-47-34(43,27(41)44-6)26(32)29(4,24(22)39)35-21-10-17(30(35,5)51-35)33(42)8-9-45-28(33)50-21/h7-9,17,19-24,26,28,36,39,42-43H,10-14H2,1-6H3/t17-,19-,20+,21+,22-,23+,24-,26?,28+,29-,30+,31+,32+,33+,34+,35+/m1/s1. The Morgan fingerprint density at radius 2 is 1.76 bits per heavy atom. The van der Waals surface area contributed by atoms with Gasteiger partial charge >= 0.3 is 17.9 Å². The molecule has 16 heteroatoms. The number of allylic oxidation sites excluding steroid dienone is 1. The van der Waals surface area contributed by atoms with Crippen LogP contribution in [0.4, 0.5) is 0 Å². The highest BCUT2D eigenvalue weighted by molar-refractivity contribution is 5.90. The van der Waals surface area contributed by atoms with E-state index < -0.39 is 137 Å². The topological polar surface area (TPSA) is 226 Å². The van der Waals surface area contributed by atoms with Crippen LogP contribution in [-0.2, 0) is 57.1 Å². The van der Waals surface area contributed by atoms with Crippen molar-refractivity contribution >= 4 is 23.7 Å². The lowest BCUT2D eigenvalue weighted by molar-refractivity contribution is -0.314. The third-order valence-electron chi connectivity index (χ3n) is 14.2. The molecule has 0 amide bonds. The number of esters is 3. The molecular formula is C35H44O16. The van der Waals surface area contributed by atoms with Gasteiger partial charge in [0.15, 0.2) is 11.4 Å². The molecule has 1 spiro atoms. The van der Waals surface area contributed by atoms with Crippen LogP contribution in [0.1, 0.15) is 47.5 Å². The fourth-order valence-corrected chi connectivity index (χ4v) is 12.2. The largest absolute Gasteiger partial charge is 0.469 e. The fourth-order valence-electron chi connectivity index (χ4n) is 12.2. The van der Waals surface area contributed by atoms with Crippen LogP contribution in [0.3, 0.4) is 0 Å². The van der Waals surface area contributed by atoms with Crippen LogP contribution < -0.4 is 0 Å². The molecule has 4 N–H and O–H groups in total. The molecule has 3 saturated carbocycles. The van der Waals surface area contributed by atoms with Crippen LogP contribution in [-0.4, -0.2) is 130 Å². The van der Waals surface area contributed by atoms with Gasteiger partial charge in [0.2, 0.25) is 6.29 Å². The number of hydrogen-bond donors (Lipinski definition) is 4. The maximum Gasteiger partial charge on any atom is 0.366 e. The summed E-state index contributed by atoms with van der Waals surface area (Å²) in [6, 6.07) is 0. The highest BCUT2D eigenvalue weighted by Gasteiger charge is 2.97. The van der Waals surface area contributed by atoms with Gasteiger partial charge in [0.05, 0.1) is 50.3 Å². The summed E-state index contributed by atoms with van der Waals surface area (Å²) < 4.78 is 48.5. The highest BCUT2D eigenvalue weighted by atomic mass is 16.7. The Morgan fingerprint density at radius 3 is 2.41 bits per heavy atom. The van der Waals surface area contributed by atoms with Crippen LogP contribution in [0.5, 0.6) is 0 Å². The van der Waals surface area contributed by atoms with E-state index in [-0.39, 0.29) is 18.4 Å². The van der Waals surface area contributed by atoms with Crippen LogP contribution in [0.25, 0.3) is 0 Å². The number of epoxide rings is 1. The molecule has 5 heterocycles. The first-order valence-corrected chi connectivity index (χ1v) is 17.3. The van der Waals surface area contributed by atoms with E-state index in [1.807, 2.05) is 0 Å². The summed E-state index contributed by atoms with van der Waals surface area (Å²) in [4.78, 5) is 54.3. The molecule has 16 atom stereocenters. The Balaban J connectivity index is 1.40. The first kappa shape index (κ1) is 35.1. The molecule has 51 heavy (non-hydrogen) atoms. The van der Waals surface area contributed by atoms with Gasteiger partial charge in [-0.1, -0.05) is 13.0 Å². The zero-order valence-electron chi connectivity index (χ0n) is 29.2. The highest BCUT2D eigenvalue weighted by Crippen LogP contribution is 2.83. The number of carbonyl (C=O) groups is 4. The van der Waals surface area contributed by atoms with E-state index in [1.165, 1.54) is 25.3 Å². The molecule has 0 aromatic heterocycles. The minimum Gasteiger partial charge on any atom is -0.469 e. The Labute approximate surface area is 292 Å². The minimum atomic E-state index is -2.85. The normalized spacial score (nSPS) is 54.0. The second-order valence-electron chi connectivity index (χ2n) is 15.8. The summed E-state index contributed by atoms with van der Waals surface area (Å²) in [5.41, 5.74) is -9.61. The molecule has 8 aliphatic rings. The van der Waals surface area contributed by atoms with E-state index in [0.717, 1.165) is 14.0 Å². The maximum absolute atomic E-state index is 14.1. The third-order valence-corrected chi connectivity index (χ3v) is 14.2. The third kappa shape index (κ3) is 3.68.